The Labute approximate surface area is 94.2 Å². The molecule has 0 spiro atoms. The number of carboxylic acid groups (broad SMARTS) is 1. The number of hydrogen-bond donors (Lipinski definition) is 3. The Kier molecular flexibility index (Phi) is 4.60. The second-order valence-electron chi connectivity index (χ2n) is 3.35. The van der Waals surface area contributed by atoms with E-state index < -0.39 is 5.97 Å². The highest BCUT2D eigenvalue weighted by molar-refractivity contribution is 5.97. The van der Waals surface area contributed by atoms with Crippen LogP contribution in [0.15, 0.2) is 18.2 Å². The van der Waals surface area contributed by atoms with E-state index in [2.05, 4.69) is 5.32 Å². The predicted octanol–water partition coefficient (Wildman–Crippen LogP) is 1.42. The van der Waals surface area contributed by atoms with Crippen LogP contribution in [0.2, 0.25) is 0 Å². The van der Waals surface area contributed by atoms with E-state index in [0.29, 0.717) is 18.8 Å². The Morgan fingerprint density at radius 2 is 2.31 bits per heavy atom. The van der Waals surface area contributed by atoms with Gasteiger partial charge in [0.25, 0.3) is 0 Å². The van der Waals surface area contributed by atoms with Gasteiger partial charge in [0, 0.05) is 20.3 Å². The topological polar surface area (TPSA) is 84.6 Å². The normalized spacial score (nSPS) is 10.1. The molecular formula is C11H16N2O3. The third-order valence-corrected chi connectivity index (χ3v) is 2.18. The Hall–Kier alpha value is -1.75. The summed E-state index contributed by atoms with van der Waals surface area (Å²) in [5.74, 6) is -1.02. The highest BCUT2D eigenvalue weighted by atomic mass is 16.5. The van der Waals surface area contributed by atoms with E-state index in [4.69, 9.17) is 15.6 Å². The van der Waals surface area contributed by atoms with E-state index >= 15 is 0 Å². The molecule has 1 rings (SSSR count). The zero-order valence-electron chi connectivity index (χ0n) is 9.19. The lowest BCUT2D eigenvalue weighted by molar-refractivity contribution is 0.0698. The van der Waals surface area contributed by atoms with Crippen LogP contribution in [0.5, 0.6) is 0 Å². The average molecular weight is 224 g/mol. The molecule has 16 heavy (non-hydrogen) atoms. The van der Waals surface area contributed by atoms with Crippen molar-refractivity contribution in [2.24, 2.45) is 0 Å². The SMILES string of the molecule is COCCCNc1cccc(C(=O)O)c1N. The summed E-state index contributed by atoms with van der Waals surface area (Å²) in [7, 11) is 1.64. The first-order valence-electron chi connectivity index (χ1n) is 5.01. The van der Waals surface area contributed by atoms with Crippen molar-refractivity contribution in [1.29, 1.82) is 0 Å². The van der Waals surface area contributed by atoms with Crippen LogP contribution in [0.1, 0.15) is 16.8 Å². The van der Waals surface area contributed by atoms with Gasteiger partial charge in [0.1, 0.15) is 0 Å². The van der Waals surface area contributed by atoms with Crippen LogP contribution in [0, 0.1) is 0 Å². The Bertz CT molecular complexity index is 366. The van der Waals surface area contributed by atoms with Gasteiger partial charge < -0.3 is 20.9 Å². The molecule has 0 fully saturated rings. The summed E-state index contributed by atoms with van der Waals surface area (Å²) in [5, 5.41) is 11.9. The molecule has 0 aliphatic heterocycles. The van der Waals surface area contributed by atoms with Gasteiger partial charge in [-0.25, -0.2) is 4.79 Å². The largest absolute Gasteiger partial charge is 0.478 e. The number of nitrogen functional groups attached to an aromatic ring is 1. The number of rotatable bonds is 6. The number of ether oxygens (including phenoxy) is 1. The van der Waals surface area contributed by atoms with Gasteiger partial charge >= 0.3 is 5.97 Å². The lowest BCUT2D eigenvalue weighted by Gasteiger charge is -2.10. The van der Waals surface area contributed by atoms with Crippen molar-refractivity contribution >= 4 is 17.3 Å². The summed E-state index contributed by atoms with van der Waals surface area (Å²) >= 11 is 0. The van der Waals surface area contributed by atoms with E-state index in [1.807, 2.05) is 0 Å². The minimum atomic E-state index is -1.02. The minimum Gasteiger partial charge on any atom is -0.478 e. The smallest absolute Gasteiger partial charge is 0.337 e. The number of methoxy groups -OCH3 is 1. The molecule has 0 aromatic heterocycles. The number of para-hydroxylation sites is 1. The van der Waals surface area contributed by atoms with Crippen LogP contribution < -0.4 is 11.1 Å². The molecule has 1 aromatic rings. The fourth-order valence-corrected chi connectivity index (χ4v) is 1.35. The molecule has 0 atom stereocenters. The number of anilines is 2. The number of nitrogens with two attached hydrogens (primary N) is 1. The molecule has 88 valence electrons. The zero-order valence-corrected chi connectivity index (χ0v) is 9.19. The monoisotopic (exact) mass is 224 g/mol. The highest BCUT2D eigenvalue weighted by Gasteiger charge is 2.10. The lowest BCUT2D eigenvalue weighted by atomic mass is 10.1. The van der Waals surface area contributed by atoms with Crippen LogP contribution >= 0.6 is 0 Å². The van der Waals surface area contributed by atoms with Crippen LogP contribution in [0.4, 0.5) is 11.4 Å². The van der Waals surface area contributed by atoms with E-state index in [1.165, 1.54) is 6.07 Å². The van der Waals surface area contributed by atoms with Gasteiger partial charge in [0.2, 0.25) is 0 Å². The van der Waals surface area contributed by atoms with E-state index in [9.17, 15) is 4.79 Å². The van der Waals surface area contributed by atoms with Crippen LogP contribution in [0.3, 0.4) is 0 Å². The Morgan fingerprint density at radius 1 is 1.56 bits per heavy atom. The van der Waals surface area contributed by atoms with Crippen molar-refractivity contribution in [3.8, 4) is 0 Å². The summed E-state index contributed by atoms with van der Waals surface area (Å²) in [4.78, 5) is 10.8. The summed E-state index contributed by atoms with van der Waals surface area (Å²) in [6.07, 6.45) is 0.841. The molecular weight excluding hydrogens is 208 g/mol. The Morgan fingerprint density at radius 3 is 2.94 bits per heavy atom. The number of nitrogens with one attached hydrogen (secondary N) is 1. The molecule has 5 nitrogen and oxygen atoms in total. The van der Waals surface area contributed by atoms with Gasteiger partial charge in [0.15, 0.2) is 0 Å². The van der Waals surface area contributed by atoms with Crippen molar-refractivity contribution in [1.82, 2.24) is 0 Å². The molecule has 4 N–H and O–H groups in total. The van der Waals surface area contributed by atoms with Gasteiger partial charge in [-0.05, 0) is 18.6 Å². The summed E-state index contributed by atoms with van der Waals surface area (Å²) in [6, 6.07) is 4.91. The van der Waals surface area contributed by atoms with Crippen molar-refractivity contribution in [2.45, 2.75) is 6.42 Å². The van der Waals surface area contributed by atoms with Gasteiger partial charge in [0.05, 0.1) is 16.9 Å². The van der Waals surface area contributed by atoms with Crippen LogP contribution in [-0.4, -0.2) is 31.3 Å². The van der Waals surface area contributed by atoms with Crippen LogP contribution in [-0.2, 0) is 4.74 Å². The summed E-state index contributed by atoms with van der Waals surface area (Å²) in [6.45, 7) is 1.35. The molecule has 0 unspecified atom stereocenters. The third kappa shape index (κ3) is 3.13. The average Bonchev–Trinajstić information content (AvgIpc) is 2.26. The number of benzene rings is 1. The molecule has 0 amide bonds. The number of hydrogen-bond acceptors (Lipinski definition) is 4. The fraction of sp³-hybridized carbons (Fsp3) is 0.364. The molecule has 0 bridgehead atoms. The van der Waals surface area contributed by atoms with Gasteiger partial charge in [-0.15, -0.1) is 0 Å². The summed E-state index contributed by atoms with van der Waals surface area (Å²) < 4.78 is 4.91. The fourth-order valence-electron chi connectivity index (χ4n) is 1.35. The first kappa shape index (κ1) is 12.3. The lowest BCUT2D eigenvalue weighted by Crippen LogP contribution is -2.09. The molecule has 0 saturated carbocycles. The first-order valence-corrected chi connectivity index (χ1v) is 5.01. The van der Waals surface area contributed by atoms with Gasteiger partial charge in [-0.3, -0.25) is 0 Å². The number of aromatic carboxylic acids is 1. The van der Waals surface area contributed by atoms with E-state index in [-0.39, 0.29) is 11.3 Å². The standard InChI is InChI=1S/C11H16N2O3/c1-16-7-3-6-13-9-5-2-4-8(10(9)12)11(14)15/h2,4-5,13H,3,6-7,12H2,1H3,(H,14,15). The quantitative estimate of drug-likeness (QED) is 0.502. The predicted molar refractivity (Wildman–Crippen MR) is 62.8 cm³/mol. The summed E-state index contributed by atoms with van der Waals surface area (Å²) in [5.41, 5.74) is 6.77. The van der Waals surface area contributed by atoms with Crippen molar-refractivity contribution < 1.29 is 14.6 Å². The van der Waals surface area contributed by atoms with Gasteiger partial charge in [-0.1, -0.05) is 6.07 Å². The maximum atomic E-state index is 10.8. The highest BCUT2D eigenvalue weighted by Crippen LogP contribution is 2.22. The maximum absolute atomic E-state index is 10.8. The number of carbonyl (C=O) groups is 1. The molecule has 0 aliphatic carbocycles. The molecule has 0 heterocycles. The second kappa shape index (κ2) is 5.97. The van der Waals surface area contributed by atoms with Crippen molar-refractivity contribution in [2.75, 3.05) is 31.3 Å². The molecule has 5 heteroatoms. The molecule has 1 aromatic carbocycles. The molecule has 0 aliphatic rings. The first-order chi connectivity index (χ1) is 7.66. The zero-order chi connectivity index (χ0) is 12.0. The molecule has 0 saturated heterocycles. The maximum Gasteiger partial charge on any atom is 0.337 e. The second-order valence-corrected chi connectivity index (χ2v) is 3.35. The third-order valence-electron chi connectivity index (χ3n) is 2.18. The van der Waals surface area contributed by atoms with Gasteiger partial charge in [-0.2, -0.15) is 0 Å². The number of carboxylic acids is 1. The van der Waals surface area contributed by atoms with E-state index in [1.54, 1.807) is 19.2 Å². The van der Waals surface area contributed by atoms with Crippen LogP contribution in [0.25, 0.3) is 0 Å². The van der Waals surface area contributed by atoms with Crippen molar-refractivity contribution in [3.63, 3.8) is 0 Å². The minimum absolute atomic E-state index is 0.122. The molecule has 0 radical (unpaired) electrons. The Balaban J connectivity index is 2.66. The van der Waals surface area contributed by atoms with E-state index in [0.717, 1.165) is 6.42 Å². The van der Waals surface area contributed by atoms with Crippen molar-refractivity contribution in [3.05, 3.63) is 23.8 Å².